The van der Waals surface area contributed by atoms with Gasteiger partial charge in [0.2, 0.25) is 10.0 Å². The van der Waals surface area contributed by atoms with E-state index in [1.807, 2.05) is 24.6 Å². The second kappa shape index (κ2) is 8.41. The molecule has 120 valence electrons. The molecular formula is C14H22F2N2O2S. The average molecular weight is 320 g/mol. The normalized spacial score (nSPS) is 12.0. The van der Waals surface area contributed by atoms with E-state index in [1.165, 1.54) is 0 Å². The van der Waals surface area contributed by atoms with Crippen LogP contribution in [0.3, 0.4) is 0 Å². The topological polar surface area (TPSA) is 58.2 Å². The number of rotatable bonds is 9. The van der Waals surface area contributed by atoms with Crippen molar-refractivity contribution in [3.63, 3.8) is 0 Å². The maximum absolute atomic E-state index is 12.2. The Labute approximate surface area is 125 Å². The highest BCUT2D eigenvalue weighted by atomic mass is 32.2. The van der Waals surface area contributed by atoms with E-state index in [2.05, 4.69) is 5.32 Å². The predicted octanol–water partition coefficient (Wildman–Crippen LogP) is 2.29. The molecule has 0 aliphatic carbocycles. The summed E-state index contributed by atoms with van der Waals surface area (Å²) in [6, 6.07) is 5.14. The van der Waals surface area contributed by atoms with Crippen LogP contribution in [0.4, 0.5) is 8.78 Å². The van der Waals surface area contributed by atoms with Crippen LogP contribution in [0.25, 0.3) is 0 Å². The van der Waals surface area contributed by atoms with Crippen molar-refractivity contribution >= 4 is 10.0 Å². The summed E-state index contributed by atoms with van der Waals surface area (Å²) in [6.45, 7) is 4.38. The van der Waals surface area contributed by atoms with E-state index in [1.54, 1.807) is 12.1 Å². The molecule has 0 spiro atoms. The molecule has 2 N–H and O–H groups in total. The van der Waals surface area contributed by atoms with Crippen molar-refractivity contribution in [3.8, 4) is 0 Å². The number of hydrogen-bond donors (Lipinski definition) is 2. The second-order valence-electron chi connectivity index (χ2n) is 4.72. The fourth-order valence-electron chi connectivity index (χ4n) is 1.91. The third-order valence-corrected chi connectivity index (χ3v) is 4.49. The van der Waals surface area contributed by atoms with Gasteiger partial charge < -0.3 is 5.32 Å². The van der Waals surface area contributed by atoms with E-state index in [0.717, 1.165) is 18.5 Å². The Morgan fingerprint density at radius 3 is 2.52 bits per heavy atom. The highest BCUT2D eigenvalue weighted by molar-refractivity contribution is 7.89. The number of benzene rings is 1. The van der Waals surface area contributed by atoms with Crippen molar-refractivity contribution < 1.29 is 17.2 Å². The Morgan fingerprint density at radius 2 is 1.95 bits per heavy atom. The van der Waals surface area contributed by atoms with E-state index in [-0.39, 0.29) is 4.90 Å². The lowest BCUT2D eigenvalue weighted by atomic mass is 10.1. The number of aryl methyl sites for hydroxylation is 1. The van der Waals surface area contributed by atoms with E-state index < -0.39 is 23.0 Å². The van der Waals surface area contributed by atoms with Gasteiger partial charge >= 0.3 is 0 Å². The molecule has 0 amide bonds. The van der Waals surface area contributed by atoms with Crippen molar-refractivity contribution in [2.45, 2.75) is 44.6 Å². The van der Waals surface area contributed by atoms with Crippen LogP contribution in [0.15, 0.2) is 23.1 Å². The molecule has 1 aromatic carbocycles. The maximum Gasteiger partial charge on any atom is 0.251 e. The molecule has 0 saturated carbocycles. The van der Waals surface area contributed by atoms with Crippen LogP contribution in [0.1, 0.15) is 31.4 Å². The largest absolute Gasteiger partial charge is 0.313 e. The van der Waals surface area contributed by atoms with Gasteiger partial charge in [-0.3, -0.25) is 0 Å². The Hall–Kier alpha value is -1.05. The standard InChI is InChI=1S/C14H22F2N2O2S/c1-3-7-17-9-11-5-6-12(4-2)13(8-11)21(19,20)18-10-14(15)16/h5-6,8,14,17-18H,3-4,7,9-10H2,1-2H3. The van der Waals surface area contributed by atoms with Crippen LogP contribution in [-0.4, -0.2) is 27.9 Å². The molecule has 7 heteroatoms. The summed E-state index contributed by atoms with van der Waals surface area (Å²) in [6.07, 6.45) is -1.21. The van der Waals surface area contributed by atoms with Gasteiger partial charge in [0.25, 0.3) is 6.43 Å². The number of halogens is 2. The molecule has 0 saturated heterocycles. The monoisotopic (exact) mass is 320 g/mol. The van der Waals surface area contributed by atoms with Crippen molar-refractivity contribution in [1.82, 2.24) is 10.0 Å². The first-order valence-electron chi connectivity index (χ1n) is 7.01. The molecule has 0 aromatic heterocycles. The molecule has 0 radical (unpaired) electrons. The SMILES string of the molecule is CCCNCc1ccc(CC)c(S(=O)(=O)NCC(F)F)c1. The Morgan fingerprint density at radius 1 is 1.24 bits per heavy atom. The van der Waals surface area contributed by atoms with Gasteiger partial charge in [0, 0.05) is 6.54 Å². The minimum Gasteiger partial charge on any atom is -0.313 e. The summed E-state index contributed by atoms with van der Waals surface area (Å²) in [5.74, 6) is 0. The van der Waals surface area contributed by atoms with Crippen molar-refractivity contribution in [1.29, 1.82) is 0 Å². The van der Waals surface area contributed by atoms with Crippen molar-refractivity contribution in [2.75, 3.05) is 13.1 Å². The summed E-state index contributed by atoms with van der Waals surface area (Å²) in [7, 11) is -3.91. The second-order valence-corrected chi connectivity index (χ2v) is 6.45. The zero-order valence-corrected chi connectivity index (χ0v) is 13.1. The van der Waals surface area contributed by atoms with Crippen LogP contribution in [0, 0.1) is 0 Å². The summed E-state index contributed by atoms with van der Waals surface area (Å²) >= 11 is 0. The number of hydrogen-bond acceptors (Lipinski definition) is 3. The van der Waals surface area contributed by atoms with E-state index in [0.29, 0.717) is 18.5 Å². The zero-order chi connectivity index (χ0) is 15.9. The first-order valence-corrected chi connectivity index (χ1v) is 8.49. The smallest absolute Gasteiger partial charge is 0.251 e. The van der Waals surface area contributed by atoms with E-state index in [9.17, 15) is 17.2 Å². The first kappa shape index (κ1) is 18.0. The summed E-state index contributed by atoms with van der Waals surface area (Å²) in [4.78, 5) is 0.0847. The molecule has 1 rings (SSSR count). The molecule has 0 unspecified atom stereocenters. The van der Waals surface area contributed by atoms with Gasteiger partial charge in [0.05, 0.1) is 11.4 Å². The van der Waals surface area contributed by atoms with Crippen LogP contribution < -0.4 is 10.0 Å². The van der Waals surface area contributed by atoms with Crippen LogP contribution in [0.2, 0.25) is 0 Å². The average Bonchev–Trinajstić information content (AvgIpc) is 2.45. The molecule has 4 nitrogen and oxygen atoms in total. The molecule has 0 fully saturated rings. The maximum atomic E-state index is 12.2. The zero-order valence-electron chi connectivity index (χ0n) is 12.3. The molecular weight excluding hydrogens is 298 g/mol. The molecule has 21 heavy (non-hydrogen) atoms. The van der Waals surface area contributed by atoms with Crippen molar-refractivity contribution in [2.24, 2.45) is 0 Å². The first-order chi connectivity index (χ1) is 9.90. The molecule has 0 atom stereocenters. The summed E-state index contributed by atoms with van der Waals surface area (Å²) in [5, 5.41) is 3.18. The van der Waals surface area contributed by atoms with Crippen LogP contribution in [-0.2, 0) is 23.0 Å². The fraction of sp³-hybridized carbons (Fsp3) is 0.571. The predicted molar refractivity (Wildman–Crippen MR) is 79.0 cm³/mol. The summed E-state index contributed by atoms with van der Waals surface area (Å²) < 4.78 is 50.6. The fourth-order valence-corrected chi connectivity index (χ4v) is 3.28. The Bertz CT molecular complexity index is 548. The van der Waals surface area contributed by atoms with Gasteiger partial charge in [0.15, 0.2) is 0 Å². The van der Waals surface area contributed by atoms with Gasteiger partial charge in [-0.15, -0.1) is 0 Å². The van der Waals surface area contributed by atoms with E-state index in [4.69, 9.17) is 0 Å². The van der Waals surface area contributed by atoms with Crippen LogP contribution >= 0.6 is 0 Å². The van der Waals surface area contributed by atoms with Gasteiger partial charge in [-0.1, -0.05) is 26.0 Å². The Kier molecular flexibility index (Phi) is 7.21. The molecule has 0 aliphatic heterocycles. The van der Waals surface area contributed by atoms with Gasteiger partial charge in [-0.25, -0.2) is 21.9 Å². The quantitative estimate of drug-likeness (QED) is 0.686. The van der Waals surface area contributed by atoms with E-state index >= 15 is 0 Å². The lowest BCUT2D eigenvalue weighted by molar-refractivity contribution is 0.153. The van der Waals surface area contributed by atoms with Crippen molar-refractivity contribution in [3.05, 3.63) is 29.3 Å². The number of sulfonamides is 1. The number of nitrogens with one attached hydrogen (secondary N) is 2. The lowest BCUT2D eigenvalue weighted by Crippen LogP contribution is -2.29. The molecule has 0 heterocycles. The summed E-state index contributed by atoms with van der Waals surface area (Å²) in [5.41, 5.74) is 1.44. The highest BCUT2D eigenvalue weighted by Crippen LogP contribution is 2.19. The third-order valence-electron chi connectivity index (χ3n) is 2.99. The molecule has 1 aromatic rings. The van der Waals surface area contributed by atoms with Gasteiger partial charge in [0.1, 0.15) is 0 Å². The third kappa shape index (κ3) is 5.68. The van der Waals surface area contributed by atoms with Gasteiger partial charge in [-0.05, 0) is 36.6 Å². The molecule has 0 aliphatic rings. The Balaban J connectivity index is 2.99. The minimum absolute atomic E-state index is 0.0847. The van der Waals surface area contributed by atoms with Gasteiger partial charge in [-0.2, -0.15) is 0 Å². The number of alkyl halides is 2. The lowest BCUT2D eigenvalue weighted by Gasteiger charge is -2.12. The molecule has 0 bridgehead atoms. The minimum atomic E-state index is -3.91. The van der Waals surface area contributed by atoms with Crippen LogP contribution in [0.5, 0.6) is 0 Å². The highest BCUT2D eigenvalue weighted by Gasteiger charge is 2.19.